The maximum absolute atomic E-state index is 14.5. The molecule has 0 bridgehead atoms. The van der Waals surface area contributed by atoms with Crippen LogP contribution in [0.3, 0.4) is 0 Å². The number of aromatic nitrogens is 2. The molecule has 3 unspecified atom stereocenters. The lowest BCUT2D eigenvalue weighted by molar-refractivity contribution is -0.127. The van der Waals surface area contributed by atoms with Gasteiger partial charge < -0.3 is 5.11 Å². The van der Waals surface area contributed by atoms with Crippen LogP contribution in [-0.4, -0.2) is 26.7 Å². The summed E-state index contributed by atoms with van der Waals surface area (Å²) in [6, 6.07) is 13.2. The normalized spacial score (nSPS) is 22.2. The summed E-state index contributed by atoms with van der Waals surface area (Å²) >= 11 is 7.85. The number of anilines is 1. The number of carbonyl (C=O) groups excluding carboxylic acids is 2. The monoisotopic (exact) mass is 583 g/mol. The Morgan fingerprint density at radius 3 is 2.73 bits per heavy atom. The van der Waals surface area contributed by atoms with Crippen molar-refractivity contribution in [2.24, 2.45) is 18.4 Å². The molecule has 41 heavy (non-hydrogen) atoms. The van der Waals surface area contributed by atoms with Crippen LogP contribution < -0.4 is 4.90 Å². The average Bonchev–Trinajstić information content (AvgIpc) is 3.54. The molecular weight excluding hydrogens is 554 g/mol. The summed E-state index contributed by atoms with van der Waals surface area (Å²) in [5, 5.41) is 17.8. The highest BCUT2D eigenvalue weighted by Gasteiger charge is 2.63. The molecular formula is C33H30ClN3O3S. The van der Waals surface area contributed by atoms with Crippen molar-refractivity contribution in [2.75, 3.05) is 4.90 Å². The highest BCUT2D eigenvalue weighted by molar-refractivity contribution is 7.22. The molecule has 0 radical (unpaired) electrons. The number of thiophene rings is 1. The molecule has 208 valence electrons. The Bertz CT molecular complexity index is 1820. The van der Waals surface area contributed by atoms with Crippen LogP contribution in [0.2, 0.25) is 5.02 Å². The van der Waals surface area contributed by atoms with E-state index < -0.39 is 17.3 Å². The van der Waals surface area contributed by atoms with Gasteiger partial charge in [0, 0.05) is 34.3 Å². The number of carbonyl (C=O) groups is 2. The third kappa shape index (κ3) is 3.94. The minimum absolute atomic E-state index is 0.119. The molecule has 1 aliphatic carbocycles. The van der Waals surface area contributed by atoms with Crippen molar-refractivity contribution in [1.82, 2.24) is 9.78 Å². The molecule has 6 rings (SSSR count). The Morgan fingerprint density at radius 1 is 1.22 bits per heavy atom. The van der Waals surface area contributed by atoms with Crippen LogP contribution in [0.4, 0.5) is 5.82 Å². The van der Waals surface area contributed by atoms with E-state index in [-0.39, 0.29) is 17.6 Å². The van der Waals surface area contributed by atoms with Crippen LogP contribution in [0.5, 0.6) is 5.75 Å². The zero-order valence-corrected chi connectivity index (χ0v) is 24.7. The molecule has 6 nitrogen and oxygen atoms in total. The molecule has 1 N–H and O–H groups in total. The summed E-state index contributed by atoms with van der Waals surface area (Å²) in [5.74, 6) is -1.19. The predicted octanol–water partition coefficient (Wildman–Crippen LogP) is 7.49. The molecule has 1 aliphatic heterocycles. The lowest BCUT2D eigenvalue weighted by Crippen LogP contribution is -2.42. The number of amides is 2. The second-order valence-corrected chi connectivity index (χ2v) is 12.4. The van der Waals surface area contributed by atoms with E-state index in [0.29, 0.717) is 34.9 Å². The molecule has 2 amide bonds. The molecule has 1 fully saturated rings. The van der Waals surface area contributed by atoms with Crippen LogP contribution in [-0.2, 0) is 23.1 Å². The lowest BCUT2D eigenvalue weighted by Gasteiger charge is -2.40. The second-order valence-electron chi connectivity index (χ2n) is 10.9. The smallest absolute Gasteiger partial charge is 0.242 e. The summed E-state index contributed by atoms with van der Waals surface area (Å²) in [5.41, 5.74) is 2.75. The molecule has 3 atom stereocenters. The fraction of sp³-hybridized carbons (Fsp3) is 0.242. The summed E-state index contributed by atoms with van der Waals surface area (Å²) < 4.78 is 2.69. The van der Waals surface area contributed by atoms with Gasteiger partial charge in [0.25, 0.3) is 0 Å². The number of allylic oxidation sites excluding steroid dienone is 4. The van der Waals surface area contributed by atoms with Crippen molar-refractivity contribution in [1.29, 1.82) is 0 Å². The molecule has 2 aliphatic rings. The van der Waals surface area contributed by atoms with E-state index >= 15 is 0 Å². The molecule has 8 heteroatoms. The van der Waals surface area contributed by atoms with E-state index in [9.17, 15) is 14.7 Å². The van der Waals surface area contributed by atoms with Crippen LogP contribution in [0, 0.1) is 18.3 Å². The number of hydrogen-bond acceptors (Lipinski definition) is 5. The van der Waals surface area contributed by atoms with Gasteiger partial charge in [-0.05, 0) is 67.0 Å². The maximum Gasteiger partial charge on any atom is 0.242 e. The maximum atomic E-state index is 14.5. The fourth-order valence-electron chi connectivity index (χ4n) is 6.59. The average molecular weight is 584 g/mol. The van der Waals surface area contributed by atoms with Crippen molar-refractivity contribution in [3.05, 3.63) is 101 Å². The van der Waals surface area contributed by atoms with E-state index in [1.165, 1.54) is 4.90 Å². The minimum Gasteiger partial charge on any atom is -0.507 e. The van der Waals surface area contributed by atoms with Crippen molar-refractivity contribution < 1.29 is 14.7 Å². The fourth-order valence-corrected chi connectivity index (χ4v) is 7.91. The van der Waals surface area contributed by atoms with E-state index in [2.05, 4.69) is 13.2 Å². The summed E-state index contributed by atoms with van der Waals surface area (Å²) in [6.07, 6.45) is 6.32. The molecule has 2 aromatic carbocycles. The standard InChI is InChI=1S/C33H30ClN3O3S/c1-6-9-20-10-8-11-22(29(20)38)28-19(7-2)12-14-24-31(39)37(32(40)33(24,28)4)27-17-25(35-36(27)5)30-18(3)23-16-21(34)13-15-26(23)41-30/h6-8,10-13,15-17,24,28,38H,1-2,9,14H2,3-5H3. The van der Waals surface area contributed by atoms with Crippen molar-refractivity contribution in [2.45, 2.75) is 32.6 Å². The van der Waals surface area contributed by atoms with Gasteiger partial charge in [0.05, 0.1) is 16.2 Å². The first-order valence-electron chi connectivity index (χ1n) is 13.5. The summed E-state index contributed by atoms with van der Waals surface area (Å²) in [4.78, 5) is 30.8. The largest absolute Gasteiger partial charge is 0.507 e. The van der Waals surface area contributed by atoms with E-state index in [1.54, 1.807) is 35.2 Å². The first-order valence-corrected chi connectivity index (χ1v) is 14.7. The first kappa shape index (κ1) is 27.2. The quantitative estimate of drug-likeness (QED) is 0.188. The van der Waals surface area contributed by atoms with Gasteiger partial charge in [-0.15, -0.1) is 17.9 Å². The number of rotatable bonds is 6. The number of aromatic hydroxyl groups is 1. The minimum atomic E-state index is -1.13. The first-order chi connectivity index (χ1) is 19.6. The lowest BCUT2D eigenvalue weighted by atomic mass is 9.59. The number of phenolic OH excluding ortho intramolecular Hbond substituents is 1. The van der Waals surface area contributed by atoms with E-state index in [0.717, 1.165) is 31.7 Å². The third-order valence-corrected chi connectivity index (χ3v) is 10.2. The van der Waals surface area contributed by atoms with Gasteiger partial charge >= 0.3 is 0 Å². The Balaban J connectivity index is 1.45. The van der Waals surface area contributed by atoms with Crippen LogP contribution in [0.15, 0.2) is 79.4 Å². The Kier molecular flexibility index (Phi) is 6.55. The number of benzene rings is 2. The number of hydrogen-bond donors (Lipinski definition) is 1. The summed E-state index contributed by atoms with van der Waals surface area (Å²) in [7, 11) is 1.75. The predicted molar refractivity (Wildman–Crippen MR) is 166 cm³/mol. The van der Waals surface area contributed by atoms with Crippen LogP contribution in [0.25, 0.3) is 20.7 Å². The number of fused-ring (bicyclic) bond motifs is 2. The number of aryl methyl sites for hydroxylation is 2. The number of nitrogens with zero attached hydrogens (tertiary/aromatic N) is 3. The number of phenols is 1. The van der Waals surface area contributed by atoms with E-state index in [1.807, 2.05) is 62.4 Å². The molecule has 1 saturated heterocycles. The SMILES string of the molecule is C=CCc1cccc(C2C(C=C)=CCC3C(=O)N(c4cc(-c5sc6ccc(Cl)cc6c5C)nn4C)C(=O)C32C)c1O. The van der Waals surface area contributed by atoms with Crippen molar-refractivity contribution >= 4 is 50.7 Å². The molecule has 0 spiro atoms. The molecule has 4 aromatic rings. The topological polar surface area (TPSA) is 75.4 Å². The van der Waals surface area contributed by atoms with Crippen molar-refractivity contribution in [3.8, 4) is 16.3 Å². The molecule has 3 heterocycles. The Hall–Kier alpha value is -3.94. The van der Waals surface area contributed by atoms with E-state index in [4.69, 9.17) is 16.7 Å². The number of para-hydroxylation sites is 1. The van der Waals surface area contributed by atoms with Gasteiger partial charge in [-0.2, -0.15) is 5.10 Å². The Morgan fingerprint density at radius 2 is 2.00 bits per heavy atom. The second kappa shape index (κ2) is 9.86. The zero-order chi connectivity index (χ0) is 29.2. The highest BCUT2D eigenvalue weighted by Crippen LogP contribution is 2.58. The van der Waals surface area contributed by atoms with Gasteiger partial charge in [-0.1, -0.05) is 54.6 Å². The van der Waals surface area contributed by atoms with Crippen LogP contribution in [0.1, 0.15) is 36.0 Å². The zero-order valence-electron chi connectivity index (χ0n) is 23.1. The third-order valence-electron chi connectivity index (χ3n) is 8.71. The van der Waals surface area contributed by atoms with Gasteiger partial charge in [-0.3, -0.25) is 14.3 Å². The summed E-state index contributed by atoms with van der Waals surface area (Å²) in [6.45, 7) is 11.7. The molecule has 0 saturated carbocycles. The van der Waals surface area contributed by atoms with Crippen molar-refractivity contribution in [3.63, 3.8) is 0 Å². The highest BCUT2D eigenvalue weighted by atomic mass is 35.5. The van der Waals surface area contributed by atoms with Gasteiger partial charge in [-0.25, -0.2) is 4.90 Å². The Labute approximate surface area is 247 Å². The molecule has 2 aromatic heterocycles. The number of imide groups is 1. The van der Waals surface area contributed by atoms with Gasteiger partial charge in [0.15, 0.2) is 0 Å². The van der Waals surface area contributed by atoms with Crippen LogP contribution >= 0.6 is 22.9 Å². The number of halogens is 1. The van der Waals surface area contributed by atoms with Gasteiger partial charge in [0.1, 0.15) is 17.3 Å². The van der Waals surface area contributed by atoms with Gasteiger partial charge in [0.2, 0.25) is 11.8 Å².